The Hall–Kier alpha value is -2.14. The Morgan fingerprint density at radius 2 is 1.88 bits per heavy atom. The van der Waals surface area contributed by atoms with E-state index in [1.54, 1.807) is 17.0 Å². The molecule has 1 heterocycles. The van der Waals surface area contributed by atoms with Crippen LogP contribution in [0.25, 0.3) is 0 Å². The van der Waals surface area contributed by atoms with Crippen LogP contribution in [0.1, 0.15) is 47.7 Å². The number of aryl methyl sites for hydroxylation is 1. The molecule has 0 fully saturated rings. The van der Waals surface area contributed by atoms with Gasteiger partial charge in [0.1, 0.15) is 0 Å². The van der Waals surface area contributed by atoms with Crippen LogP contribution >= 0.6 is 0 Å². The Balaban J connectivity index is 1.98. The highest BCUT2D eigenvalue weighted by Gasteiger charge is 2.24. The van der Waals surface area contributed by atoms with Crippen molar-refractivity contribution in [3.8, 4) is 0 Å². The summed E-state index contributed by atoms with van der Waals surface area (Å²) >= 11 is 0. The predicted octanol–water partition coefficient (Wildman–Crippen LogP) is 3.81. The van der Waals surface area contributed by atoms with E-state index in [1.165, 1.54) is 23.3 Å². The summed E-state index contributed by atoms with van der Waals surface area (Å²) in [7, 11) is -3.34. The Morgan fingerprint density at radius 1 is 1.12 bits per heavy atom. The first-order valence-corrected chi connectivity index (χ1v) is 10.4. The van der Waals surface area contributed by atoms with Crippen LogP contribution in [0.4, 0.5) is 5.69 Å². The van der Waals surface area contributed by atoms with Gasteiger partial charge in [0.25, 0.3) is 5.91 Å². The van der Waals surface area contributed by atoms with E-state index in [0.29, 0.717) is 18.0 Å². The maximum Gasteiger partial charge on any atom is 0.258 e. The first-order valence-electron chi connectivity index (χ1n) is 8.52. The van der Waals surface area contributed by atoms with Crippen molar-refractivity contribution in [3.63, 3.8) is 0 Å². The van der Waals surface area contributed by atoms with E-state index in [-0.39, 0.29) is 10.8 Å². The number of carbonyl (C=O) groups excluding carboxylic acids is 1. The summed E-state index contributed by atoms with van der Waals surface area (Å²) in [4.78, 5) is 14.9. The minimum Gasteiger partial charge on any atom is -0.308 e. The van der Waals surface area contributed by atoms with Crippen LogP contribution < -0.4 is 4.90 Å². The summed E-state index contributed by atoms with van der Waals surface area (Å²) < 4.78 is 23.5. The van der Waals surface area contributed by atoms with Crippen LogP contribution in [-0.2, 0) is 16.3 Å². The van der Waals surface area contributed by atoms with Gasteiger partial charge in [-0.05, 0) is 54.2 Å². The molecule has 0 bridgehead atoms. The van der Waals surface area contributed by atoms with E-state index < -0.39 is 9.84 Å². The van der Waals surface area contributed by atoms with E-state index >= 15 is 0 Å². The summed E-state index contributed by atoms with van der Waals surface area (Å²) in [5, 5.41) is 0. The molecule has 2 aromatic carbocycles. The van der Waals surface area contributed by atoms with Crippen LogP contribution in [0.2, 0.25) is 0 Å². The third-order valence-corrected chi connectivity index (χ3v) is 5.75. The van der Waals surface area contributed by atoms with Gasteiger partial charge in [-0.2, -0.15) is 0 Å². The summed E-state index contributed by atoms with van der Waals surface area (Å²) in [6, 6.07) is 12.6. The average Bonchev–Trinajstić information content (AvgIpc) is 2.59. The molecular weight excluding hydrogens is 334 g/mol. The molecule has 0 aromatic heterocycles. The maximum absolute atomic E-state index is 13.0. The number of benzene rings is 2. The highest BCUT2D eigenvalue weighted by atomic mass is 32.2. The molecular formula is C20H23NO3S. The molecule has 0 spiro atoms. The molecule has 5 heteroatoms. The number of carbonyl (C=O) groups is 1. The zero-order valence-corrected chi connectivity index (χ0v) is 15.6. The molecule has 0 saturated carbocycles. The lowest BCUT2D eigenvalue weighted by atomic mass is 9.94. The van der Waals surface area contributed by atoms with Crippen molar-refractivity contribution >= 4 is 21.4 Å². The lowest BCUT2D eigenvalue weighted by Gasteiger charge is -2.30. The molecule has 2 aromatic rings. The number of amides is 1. The van der Waals surface area contributed by atoms with Crippen molar-refractivity contribution in [1.82, 2.24) is 0 Å². The van der Waals surface area contributed by atoms with Crippen LogP contribution in [0, 0.1) is 0 Å². The highest BCUT2D eigenvalue weighted by Crippen LogP contribution is 2.31. The minimum atomic E-state index is -3.34. The van der Waals surface area contributed by atoms with Gasteiger partial charge in [-0.1, -0.05) is 32.0 Å². The molecule has 0 unspecified atom stereocenters. The fraction of sp³-hybridized carbons (Fsp3) is 0.350. The molecule has 0 atom stereocenters. The van der Waals surface area contributed by atoms with Crippen LogP contribution in [-0.4, -0.2) is 27.1 Å². The van der Waals surface area contributed by atoms with Gasteiger partial charge in [-0.15, -0.1) is 0 Å². The number of fused-ring (bicyclic) bond motifs is 1. The average molecular weight is 357 g/mol. The lowest BCUT2D eigenvalue weighted by Crippen LogP contribution is -2.35. The monoisotopic (exact) mass is 357 g/mol. The number of nitrogens with zero attached hydrogens (tertiary/aromatic N) is 1. The summed E-state index contributed by atoms with van der Waals surface area (Å²) in [6.45, 7) is 4.96. The second-order valence-corrected chi connectivity index (χ2v) is 8.92. The van der Waals surface area contributed by atoms with Gasteiger partial charge in [0, 0.05) is 24.1 Å². The quantitative estimate of drug-likeness (QED) is 0.839. The Morgan fingerprint density at radius 3 is 2.56 bits per heavy atom. The second-order valence-electron chi connectivity index (χ2n) is 6.90. The number of hydrogen-bond donors (Lipinski definition) is 0. The van der Waals surface area contributed by atoms with Crippen LogP contribution in [0.5, 0.6) is 0 Å². The first-order chi connectivity index (χ1) is 11.8. The van der Waals surface area contributed by atoms with E-state index in [0.717, 1.165) is 24.8 Å². The van der Waals surface area contributed by atoms with Gasteiger partial charge in [-0.25, -0.2) is 8.42 Å². The molecule has 0 saturated heterocycles. The molecule has 25 heavy (non-hydrogen) atoms. The van der Waals surface area contributed by atoms with Gasteiger partial charge >= 0.3 is 0 Å². The minimum absolute atomic E-state index is 0.149. The van der Waals surface area contributed by atoms with Gasteiger partial charge in [0.15, 0.2) is 9.84 Å². The smallest absolute Gasteiger partial charge is 0.258 e. The number of sulfone groups is 1. The largest absolute Gasteiger partial charge is 0.308 e. The maximum atomic E-state index is 13.0. The van der Waals surface area contributed by atoms with Crippen molar-refractivity contribution in [3.05, 3.63) is 59.2 Å². The van der Waals surface area contributed by atoms with E-state index in [4.69, 9.17) is 0 Å². The zero-order valence-electron chi connectivity index (χ0n) is 14.8. The Bertz CT molecular complexity index is 916. The Labute approximate surface area is 149 Å². The van der Waals surface area contributed by atoms with Gasteiger partial charge < -0.3 is 4.90 Å². The molecule has 1 aliphatic rings. The Kier molecular flexibility index (Phi) is 4.69. The highest BCUT2D eigenvalue weighted by molar-refractivity contribution is 7.90. The van der Waals surface area contributed by atoms with Crippen molar-refractivity contribution in [2.75, 3.05) is 17.7 Å². The second kappa shape index (κ2) is 6.64. The topological polar surface area (TPSA) is 54.5 Å². The third-order valence-electron chi connectivity index (χ3n) is 4.64. The fourth-order valence-electron chi connectivity index (χ4n) is 3.20. The van der Waals surface area contributed by atoms with Crippen molar-refractivity contribution in [2.24, 2.45) is 0 Å². The number of rotatable bonds is 3. The van der Waals surface area contributed by atoms with Crippen LogP contribution in [0.3, 0.4) is 0 Å². The van der Waals surface area contributed by atoms with E-state index in [9.17, 15) is 13.2 Å². The predicted molar refractivity (Wildman–Crippen MR) is 100 cm³/mol. The van der Waals surface area contributed by atoms with Gasteiger partial charge in [-0.3, -0.25) is 4.79 Å². The van der Waals surface area contributed by atoms with Gasteiger partial charge in [0.2, 0.25) is 0 Å². The summed E-state index contributed by atoms with van der Waals surface area (Å²) in [5.74, 6) is 0.298. The third kappa shape index (κ3) is 3.61. The lowest BCUT2D eigenvalue weighted by molar-refractivity contribution is 0.0985. The zero-order chi connectivity index (χ0) is 18.2. The van der Waals surface area contributed by atoms with Crippen molar-refractivity contribution in [1.29, 1.82) is 0 Å². The van der Waals surface area contributed by atoms with Crippen molar-refractivity contribution in [2.45, 2.75) is 37.5 Å². The molecule has 1 amide bonds. The molecule has 1 aliphatic heterocycles. The molecule has 132 valence electrons. The number of hydrogen-bond acceptors (Lipinski definition) is 3. The summed E-state index contributed by atoms with van der Waals surface area (Å²) in [5.41, 5.74) is 3.80. The van der Waals surface area contributed by atoms with Crippen LogP contribution in [0.15, 0.2) is 47.4 Å². The molecule has 0 N–H and O–H groups in total. The standard InChI is InChI=1S/C20H23NO3S/c1-14(2)15-9-10-19-16(12-15)7-5-11-21(19)20(22)17-6-4-8-18(13-17)25(3,23)24/h4,6,8-10,12-14H,5,7,11H2,1-3H3. The van der Waals surface area contributed by atoms with Crippen molar-refractivity contribution < 1.29 is 13.2 Å². The number of anilines is 1. The molecule has 0 radical (unpaired) electrons. The molecule has 3 rings (SSSR count). The molecule has 0 aliphatic carbocycles. The SMILES string of the molecule is CC(C)c1ccc2c(c1)CCCN2C(=O)c1cccc(S(C)(=O)=O)c1. The normalized spacial score (nSPS) is 14.5. The summed E-state index contributed by atoms with van der Waals surface area (Å²) in [6.07, 6.45) is 3.02. The molecule has 4 nitrogen and oxygen atoms in total. The van der Waals surface area contributed by atoms with E-state index in [1.807, 2.05) is 6.07 Å². The van der Waals surface area contributed by atoms with Gasteiger partial charge in [0.05, 0.1) is 4.90 Å². The first kappa shape index (κ1) is 17.7. The fourth-order valence-corrected chi connectivity index (χ4v) is 3.87. The van der Waals surface area contributed by atoms with E-state index in [2.05, 4.69) is 26.0 Å².